The van der Waals surface area contributed by atoms with E-state index in [0.717, 1.165) is 30.9 Å². The van der Waals surface area contributed by atoms with Crippen molar-refractivity contribution < 1.29 is 0 Å². The summed E-state index contributed by atoms with van der Waals surface area (Å²) in [5.74, 6) is 12.4. The third-order valence-electron chi connectivity index (χ3n) is 2.60. The van der Waals surface area contributed by atoms with E-state index < -0.39 is 8.07 Å². The molecule has 1 aromatic rings. The summed E-state index contributed by atoms with van der Waals surface area (Å²) < 4.78 is 0. The Labute approximate surface area is 118 Å². The van der Waals surface area contributed by atoms with E-state index >= 15 is 0 Å². The molecular weight excluding hydrogens is 244 g/mol. The molecule has 0 aliphatic carbocycles. The molecule has 0 fully saturated rings. The zero-order valence-electron chi connectivity index (χ0n) is 11.8. The van der Waals surface area contributed by atoms with Gasteiger partial charge in [-0.1, -0.05) is 37.2 Å². The molecule has 0 amide bonds. The Kier molecular flexibility index (Phi) is 6.60. The van der Waals surface area contributed by atoms with Crippen LogP contribution in [0.3, 0.4) is 0 Å². The predicted molar refractivity (Wildman–Crippen MR) is 86.1 cm³/mol. The molecule has 0 bridgehead atoms. The highest BCUT2D eigenvalue weighted by Gasteiger charge is 2.15. The molecule has 0 N–H and O–H groups in total. The molecule has 0 aromatic heterocycles. The van der Waals surface area contributed by atoms with Crippen LogP contribution in [0.2, 0.25) is 19.1 Å². The predicted octanol–water partition coefficient (Wildman–Crippen LogP) is 4.09. The maximum atomic E-state index is 5.20. The van der Waals surface area contributed by atoms with Gasteiger partial charge in [0.2, 0.25) is 0 Å². The lowest BCUT2D eigenvalue weighted by Crippen LogP contribution is -2.22. The van der Waals surface area contributed by atoms with E-state index in [1.54, 1.807) is 0 Å². The Morgan fingerprint density at radius 3 is 2.47 bits per heavy atom. The van der Waals surface area contributed by atoms with Crippen LogP contribution in [0.5, 0.6) is 0 Å². The molecule has 0 atom stereocenters. The normalized spacial score (nSPS) is 9.53. The topological polar surface area (TPSA) is 0 Å². The zero-order valence-corrected chi connectivity index (χ0v) is 12.8. The average molecular weight is 264 g/mol. The van der Waals surface area contributed by atoms with Crippen LogP contribution in [0, 0.1) is 35.6 Å². The lowest BCUT2D eigenvalue weighted by molar-refractivity contribution is 0.904. The summed E-state index contributed by atoms with van der Waals surface area (Å²) in [6.45, 7) is 4.53. The summed E-state index contributed by atoms with van der Waals surface area (Å²) in [5, 5.41) is 0. The Balaban J connectivity index is 2.49. The van der Waals surface area contributed by atoms with Gasteiger partial charge < -0.3 is 0 Å². The molecule has 0 saturated carbocycles. The second-order valence-corrected chi connectivity index (χ2v) is 9.46. The number of hydrogen-bond acceptors (Lipinski definition) is 0. The van der Waals surface area contributed by atoms with Crippen molar-refractivity contribution in [3.63, 3.8) is 0 Å². The number of rotatable bonds is 3. The lowest BCUT2D eigenvalue weighted by Gasteiger charge is -2.09. The molecule has 1 rings (SSSR count). The summed E-state index contributed by atoms with van der Waals surface area (Å²) >= 11 is 0. The Bertz CT molecular complexity index is 539. The summed E-state index contributed by atoms with van der Waals surface area (Å²) in [5.41, 5.74) is 4.52. The standard InChI is InChI=1S/C18H20Si/c1-4-5-6-7-8-12-16-19(2,3)17-15-18-13-10-9-11-14-18/h1,9-11,13-14H,5-7,16H2,2-3H3. The van der Waals surface area contributed by atoms with E-state index in [0.29, 0.717) is 0 Å². The van der Waals surface area contributed by atoms with Gasteiger partial charge in [-0.15, -0.1) is 29.7 Å². The molecule has 0 radical (unpaired) electrons. The van der Waals surface area contributed by atoms with E-state index in [-0.39, 0.29) is 0 Å². The first kappa shape index (κ1) is 15.2. The lowest BCUT2D eigenvalue weighted by atomic mass is 10.2. The molecule has 0 saturated heterocycles. The zero-order chi connectivity index (χ0) is 14.0. The minimum Gasteiger partial charge on any atom is -0.125 e. The molecule has 1 aromatic carbocycles. The highest BCUT2D eigenvalue weighted by Crippen LogP contribution is 2.07. The first-order chi connectivity index (χ1) is 9.14. The minimum absolute atomic E-state index is 0.823. The van der Waals surface area contributed by atoms with Gasteiger partial charge in [0.25, 0.3) is 0 Å². The molecular formula is C18H20Si. The fourth-order valence-corrected chi connectivity index (χ4v) is 2.60. The third-order valence-corrected chi connectivity index (χ3v) is 4.46. The van der Waals surface area contributed by atoms with Crippen molar-refractivity contribution in [3.05, 3.63) is 35.9 Å². The van der Waals surface area contributed by atoms with E-state index in [4.69, 9.17) is 6.42 Å². The van der Waals surface area contributed by atoms with Crippen LogP contribution in [-0.4, -0.2) is 8.07 Å². The molecule has 19 heavy (non-hydrogen) atoms. The molecule has 0 nitrogen and oxygen atoms in total. The van der Waals surface area contributed by atoms with Crippen LogP contribution >= 0.6 is 0 Å². The fraction of sp³-hybridized carbons (Fsp3) is 0.333. The minimum atomic E-state index is -1.53. The van der Waals surface area contributed by atoms with E-state index in [2.05, 4.69) is 42.3 Å². The van der Waals surface area contributed by atoms with Crippen molar-refractivity contribution in [2.75, 3.05) is 0 Å². The molecule has 0 heterocycles. The van der Waals surface area contributed by atoms with Crippen molar-refractivity contribution in [3.8, 4) is 35.6 Å². The van der Waals surface area contributed by atoms with E-state index in [9.17, 15) is 0 Å². The van der Waals surface area contributed by atoms with Crippen molar-refractivity contribution in [2.45, 2.75) is 38.4 Å². The van der Waals surface area contributed by atoms with Crippen LogP contribution in [0.1, 0.15) is 24.8 Å². The van der Waals surface area contributed by atoms with Crippen LogP contribution in [0.25, 0.3) is 0 Å². The number of unbranched alkanes of at least 4 members (excludes halogenated alkanes) is 2. The number of hydrogen-bond donors (Lipinski definition) is 0. The van der Waals surface area contributed by atoms with Gasteiger partial charge >= 0.3 is 0 Å². The Morgan fingerprint density at radius 1 is 1.05 bits per heavy atom. The van der Waals surface area contributed by atoms with E-state index in [1.807, 2.05) is 30.3 Å². The van der Waals surface area contributed by atoms with Crippen LogP contribution in [0.4, 0.5) is 0 Å². The van der Waals surface area contributed by atoms with Gasteiger partial charge in [-0.25, -0.2) is 0 Å². The molecule has 0 aliphatic rings. The second-order valence-electron chi connectivity index (χ2n) is 5.09. The Hall–Kier alpha value is -1.88. The van der Waals surface area contributed by atoms with Crippen LogP contribution in [-0.2, 0) is 0 Å². The van der Waals surface area contributed by atoms with Crippen molar-refractivity contribution in [1.29, 1.82) is 0 Å². The summed E-state index contributed by atoms with van der Waals surface area (Å²) in [6.07, 6.45) is 7.93. The highest BCUT2D eigenvalue weighted by atomic mass is 28.3. The van der Waals surface area contributed by atoms with Crippen LogP contribution in [0.15, 0.2) is 30.3 Å². The molecule has 0 aliphatic heterocycles. The fourth-order valence-electron chi connectivity index (χ4n) is 1.46. The molecule has 0 spiro atoms. The van der Waals surface area contributed by atoms with Gasteiger partial charge in [0.15, 0.2) is 0 Å². The Morgan fingerprint density at radius 2 is 1.79 bits per heavy atom. The van der Waals surface area contributed by atoms with Crippen LogP contribution < -0.4 is 0 Å². The molecule has 0 unspecified atom stereocenters. The van der Waals surface area contributed by atoms with Crippen molar-refractivity contribution >= 4 is 8.07 Å². The maximum absolute atomic E-state index is 5.20. The highest BCUT2D eigenvalue weighted by molar-refractivity contribution is 6.85. The number of benzene rings is 1. The van der Waals surface area contributed by atoms with Gasteiger partial charge in [0.1, 0.15) is 8.07 Å². The summed E-state index contributed by atoms with van der Waals surface area (Å²) in [6, 6.07) is 11.1. The first-order valence-corrected chi connectivity index (χ1v) is 9.82. The van der Waals surface area contributed by atoms with Gasteiger partial charge in [-0.05, 0) is 18.6 Å². The molecule has 96 valence electrons. The SMILES string of the molecule is C#CCCCC#CC[Si](C)(C)C#Cc1ccccc1. The maximum Gasteiger partial charge on any atom is 0.144 e. The monoisotopic (exact) mass is 264 g/mol. The largest absolute Gasteiger partial charge is 0.144 e. The quantitative estimate of drug-likeness (QED) is 0.438. The van der Waals surface area contributed by atoms with E-state index in [1.165, 1.54) is 0 Å². The average Bonchev–Trinajstić information content (AvgIpc) is 2.42. The smallest absolute Gasteiger partial charge is 0.125 e. The third kappa shape index (κ3) is 7.20. The van der Waals surface area contributed by atoms with Crippen molar-refractivity contribution in [1.82, 2.24) is 0 Å². The van der Waals surface area contributed by atoms with Crippen molar-refractivity contribution in [2.24, 2.45) is 0 Å². The van der Waals surface area contributed by atoms with Gasteiger partial charge in [0, 0.05) is 24.4 Å². The van der Waals surface area contributed by atoms with Gasteiger partial charge in [-0.2, -0.15) is 0 Å². The second kappa shape index (κ2) is 8.26. The first-order valence-electron chi connectivity index (χ1n) is 6.61. The van der Waals surface area contributed by atoms with Gasteiger partial charge in [0.05, 0.1) is 0 Å². The summed E-state index contributed by atoms with van der Waals surface area (Å²) in [4.78, 5) is 0. The summed E-state index contributed by atoms with van der Waals surface area (Å²) in [7, 11) is -1.53. The number of terminal acetylenes is 1. The van der Waals surface area contributed by atoms with Gasteiger partial charge in [-0.3, -0.25) is 0 Å². The molecule has 1 heteroatoms.